The summed E-state index contributed by atoms with van der Waals surface area (Å²) in [5.41, 5.74) is 0. The number of hydrogen-bond acceptors (Lipinski definition) is 2. The minimum Gasteiger partial charge on any atom is -0.226 e. The lowest BCUT2D eigenvalue weighted by Crippen LogP contribution is -3.15. The van der Waals surface area contributed by atoms with Crippen molar-refractivity contribution in [2.75, 3.05) is 6.54 Å². The normalized spacial score (nSPS) is 18.3. The third kappa shape index (κ3) is 1.74. The van der Waals surface area contributed by atoms with Crippen molar-refractivity contribution in [1.82, 2.24) is 0 Å². The zero-order valence-corrected chi connectivity index (χ0v) is 6.59. The Kier molecular flexibility index (Phi) is 2.54. The molecule has 1 aliphatic rings. The lowest BCUT2D eigenvalue weighted by molar-refractivity contribution is -0.730. The Morgan fingerprint density at radius 2 is 1.82 bits per heavy atom. The third-order valence-corrected chi connectivity index (χ3v) is 1.76. The summed E-state index contributed by atoms with van der Waals surface area (Å²) in [6.07, 6.45) is 4.65. The summed E-state index contributed by atoms with van der Waals surface area (Å²) in [4.78, 5) is 22.4. The molecule has 11 heavy (non-hydrogen) atoms. The number of amides is 2. The quantitative estimate of drug-likeness (QED) is 0.546. The first-order valence-corrected chi connectivity index (χ1v) is 3.88. The fourth-order valence-electron chi connectivity index (χ4n) is 1.07. The Morgan fingerprint density at radius 1 is 1.27 bits per heavy atom. The second kappa shape index (κ2) is 3.44. The van der Waals surface area contributed by atoms with Gasteiger partial charge in [-0.05, 0) is 6.42 Å². The van der Waals surface area contributed by atoms with E-state index < -0.39 is 0 Å². The van der Waals surface area contributed by atoms with E-state index >= 15 is 0 Å². The predicted octanol–water partition coefficient (Wildman–Crippen LogP) is -0.706. The number of nitrogens with one attached hydrogen (secondary N) is 1. The van der Waals surface area contributed by atoms with Gasteiger partial charge < -0.3 is 0 Å². The average Bonchev–Trinajstić information content (AvgIpc) is 2.29. The van der Waals surface area contributed by atoms with Gasteiger partial charge in [-0.25, -0.2) is 14.5 Å². The van der Waals surface area contributed by atoms with Gasteiger partial charge in [0.2, 0.25) is 0 Å². The predicted molar refractivity (Wildman–Crippen MR) is 39.9 cm³/mol. The first kappa shape index (κ1) is 8.14. The number of carbonyl (C=O) groups excluding carboxylic acids is 2. The minimum absolute atomic E-state index is 0.0940. The molecule has 1 N–H and O–H groups in total. The van der Waals surface area contributed by atoms with E-state index in [0.717, 1.165) is 12.8 Å². The molecule has 0 saturated heterocycles. The van der Waals surface area contributed by atoms with Crippen LogP contribution in [0.4, 0.5) is 0 Å². The molecule has 0 spiro atoms. The Morgan fingerprint density at radius 3 is 2.27 bits per heavy atom. The van der Waals surface area contributed by atoms with Crippen LogP contribution in [0.3, 0.4) is 0 Å². The van der Waals surface area contributed by atoms with Crippen molar-refractivity contribution >= 4 is 11.8 Å². The van der Waals surface area contributed by atoms with E-state index in [1.54, 1.807) is 0 Å². The van der Waals surface area contributed by atoms with Gasteiger partial charge in [0.25, 0.3) is 0 Å². The average molecular weight is 154 g/mol. The van der Waals surface area contributed by atoms with Crippen LogP contribution in [0.25, 0.3) is 0 Å². The van der Waals surface area contributed by atoms with Crippen LogP contribution in [0.2, 0.25) is 0 Å². The molecular formula is C8H12NO2+. The fourth-order valence-corrected chi connectivity index (χ4v) is 1.07. The fraction of sp³-hybridized carbons (Fsp3) is 0.500. The lowest BCUT2D eigenvalue weighted by atomic mass is 10.3. The molecule has 1 heterocycles. The molecule has 0 aromatic heterocycles. The maximum atomic E-state index is 10.9. The number of carbonyl (C=O) groups is 2. The monoisotopic (exact) mass is 154 g/mol. The van der Waals surface area contributed by atoms with E-state index in [9.17, 15) is 9.59 Å². The van der Waals surface area contributed by atoms with Gasteiger partial charge in [-0.15, -0.1) is 0 Å². The number of quaternary nitrogens is 1. The SMILES string of the molecule is CCCC[NH+]1C(=O)C=CC1=O. The van der Waals surface area contributed by atoms with E-state index in [2.05, 4.69) is 0 Å². The van der Waals surface area contributed by atoms with Crippen molar-refractivity contribution in [3.63, 3.8) is 0 Å². The van der Waals surface area contributed by atoms with Crippen molar-refractivity contribution in [3.8, 4) is 0 Å². The molecule has 0 aliphatic carbocycles. The number of rotatable bonds is 3. The highest BCUT2D eigenvalue weighted by atomic mass is 16.2. The van der Waals surface area contributed by atoms with Crippen LogP contribution in [-0.2, 0) is 9.59 Å². The second-order valence-corrected chi connectivity index (χ2v) is 2.64. The van der Waals surface area contributed by atoms with Crippen LogP contribution in [0.5, 0.6) is 0 Å². The molecule has 0 aromatic rings. The smallest absolute Gasteiger partial charge is 0.226 e. The summed E-state index contributed by atoms with van der Waals surface area (Å²) in [5, 5.41) is 0. The van der Waals surface area contributed by atoms with Crippen molar-refractivity contribution in [1.29, 1.82) is 0 Å². The van der Waals surface area contributed by atoms with Gasteiger partial charge in [-0.3, -0.25) is 0 Å². The van der Waals surface area contributed by atoms with Gasteiger partial charge in [0.05, 0.1) is 18.7 Å². The summed E-state index contributed by atoms with van der Waals surface area (Å²) in [6.45, 7) is 2.68. The number of imide groups is 1. The molecule has 2 amide bonds. The van der Waals surface area contributed by atoms with Crippen molar-refractivity contribution in [2.45, 2.75) is 19.8 Å². The molecule has 0 bridgehead atoms. The summed E-state index contributed by atoms with van der Waals surface area (Å²) < 4.78 is 0. The van der Waals surface area contributed by atoms with Crippen LogP contribution in [0.1, 0.15) is 19.8 Å². The van der Waals surface area contributed by atoms with Gasteiger partial charge in [0.1, 0.15) is 0 Å². The summed E-state index contributed by atoms with van der Waals surface area (Å²) in [6, 6.07) is 0. The minimum atomic E-state index is -0.0940. The maximum absolute atomic E-state index is 10.9. The topological polar surface area (TPSA) is 38.6 Å². The van der Waals surface area contributed by atoms with Crippen LogP contribution < -0.4 is 4.90 Å². The molecule has 0 fully saturated rings. The Balaban J connectivity index is 2.46. The Labute approximate surface area is 65.7 Å². The molecule has 0 radical (unpaired) electrons. The van der Waals surface area contributed by atoms with Gasteiger partial charge in [-0.2, -0.15) is 0 Å². The van der Waals surface area contributed by atoms with E-state index in [1.807, 2.05) is 6.92 Å². The van der Waals surface area contributed by atoms with Crippen molar-refractivity contribution in [2.24, 2.45) is 0 Å². The highest BCUT2D eigenvalue weighted by molar-refractivity contribution is 6.01. The molecule has 3 heteroatoms. The number of hydrogen-bond donors (Lipinski definition) is 1. The molecule has 60 valence electrons. The highest BCUT2D eigenvalue weighted by Gasteiger charge is 2.28. The van der Waals surface area contributed by atoms with Gasteiger partial charge in [0.15, 0.2) is 0 Å². The zero-order valence-electron chi connectivity index (χ0n) is 6.59. The summed E-state index contributed by atoms with van der Waals surface area (Å²) in [5.74, 6) is -0.188. The zero-order chi connectivity index (χ0) is 8.27. The molecular weight excluding hydrogens is 142 g/mol. The van der Waals surface area contributed by atoms with Crippen LogP contribution in [0.15, 0.2) is 12.2 Å². The standard InChI is InChI=1S/C8H11NO2/c1-2-3-6-9-7(10)4-5-8(9)11/h4-5H,2-3,6H2,1H3/p+1. The van der Waals surface area contributed by atoms with E-state index in [0.29, 0.717) is 11.4 Å². The van der Waals surface area contributed by atoms with Crippen molar-refractivity contribution < 1.29 is 14.5 Å². The molecule has 3 nitrogen and oxygen atoms in total. The van der Waals surface area contributed by atoms with E-state index in [4.69, 9.17) is 0 Å². The van der Waals surface area contributed by atoms with E-state index in [-0.39, 0.29) is 11.8 Å². The third-order valence-electron chi connectivity index (χ3n) is 1.76. The van der Waals surface area contributed by atoms with Crippen LogP contribution in [-0.4, -0.2) is 18.4 Å². The largest absolute Gasteiger partial charge is 0.345 e. The molecule has 0 saturated carbocycles. The Hall–Kier alpha value is -0.960. The second-order valence-electron chi connectivity index (χ2n) is 2.64. The summed E-state index contributed by atoms with van der Waals surface area (Å²) in [7, 11) is 0. The van der Waals surface area contributed by atoms with Gasteiger partial charge in [-0.1, -0.05) is 13.3 Å². The van der Waals surface area contributed by atoms with E-state index in [1.165, 1.54) is 12.2 Å². The first-order chi connectivity index (χ1) is 5.25. The Bertz CT molecular complexity index is 190. The van der Waals surface area contributed by atoms with Crippen LogP contribution in [0, 0.1) is 0 Å². The molecule has 1 rings (SSSR count). The molecule has 1 aliphatic heterocycles. The highest BCUT2D eigenvalue weighted by Crippen LogP contribution is 1.84. The van der Waals surface area contributed by atoms with Crippen LogP contribution >= 0.6 is 0 Å². The maximum Gasteiger partial charge on any atom is 0.345 e. The number of unbranched alkanes of at least 4 members (excludes halogenated alkanes) is 1. The first-order valence-electron chi connectivity index (χ1n) is 3.88. The molecule has 0 aromatic carbocycles. The molecule has 0 unspecified atom stereocenters. The molecule has 0 atom stereocenters. The van der Waals surface area contributed by atoms with Gasteiger partial charge >= 0.3 is 11.8 Å². The summed E-state index contributed by atoms with van der Waals surface area (Å²) >= 11 is 0. The lowest BCUT2D eigenvalue weighted by Gasteiger charge is -2.05. The van der Waals surface area contributed by atoms with Crippen molar-refractivity contribution in [3.05, 3.63) is 12.2 Å². The van der Waals surface area contributed by atoms with Gasteiger partial charge in [0, 0.05) is 0 Å².